The van der Waals surface area contributed by atoms with Crippen molar-refractivity contribution >= 4 is 11.8 Å². The van der Waals surface area contributed by atoms with Gasteiger partial charge in [0.1, 0.15) is 11.6 Å². The Morgan fingerprint density at radius 2 is 1.86 bits per heavy atom. The molecule has 1 aliphatic carbocycles. The summed E-state index contributed by atoms with van der Waals surface area (Å²) in [7, 11) is 1.65. The molecule has 1 saturated heterocycles. The number of guanidine groups is 1. The van der Waals surface area contributed by atoms with E-state index in [0.717, 1.165) is 6.42 Å². The number of aromatic nitrogens is 1. The highest BCUT2D eigenvalue weighted by molar-refractivity contribution is 5.81. The van der Waals surface area contributed by atoms with E-state index in [-0.39, 0.29) is 29.4 Å². The molecule has 148 valence electrons. The third kappa shape index (κ3) is 3.76. The molecule has 8 heteroatoms. The first-order chi connectivity index (χ1) is 13.6. The van der Waals surface area contributed by atoms with Crippen molar-refractivity contribution in [3.05, 3.63) is 59.5 Å². The van der Waals surface area contributed by atoms with Crippen molar-refractivity contribution in [3.8, 4) is 0 Å². The second kappa shape index (κ2) is 7.69. The van der Waals surface area contributed by atoms with E-state index in [4.69, 9.17) is 0 Å². The number of hydrogen-bond donors (Lipinski definition) is 2. The Morgan fingerprint density at radius 1 is 1.11 bits per heavy atom. The molecule has 0 spiro atoms. The summed E-state index contributed by atoms with van der Waals surface area (Å²) in [4.78, 5) is 10.2. The fourth-order valence-electron chi connectivity index (χ4n) is 3.76. The first-order valence-corrected chi connectivity index (χ1v) is 9.36. The zero-order valence-corrected chi connectivity index (χ0v) is 15.5. The maximum atomic E-state index is 13.9. The molecule has 3 atom stereocenters. The molecule has 1 aliphatic heterocycles. The molecule has 2 aromatic rings. The fraction of sp³-hybridized carbons (Fsp3) is 0.400. The molecule has 4 rings (SSSR count). The van der Waals surface area contributed by atoms with E-state index in [2.05, 4.69) is 20.6 Å². The van der Waals surface area contributed by atoms with E-state index >= 15 is 0 Å². The molecule has 1 aromatic carbocycles. The molecule has 3 unspecified atom stereocenters. The van der Waals surface area contributed by atoms with Crippen molar-refractivity contribution in [3.63, 3.8) is 0 Å². The fourth-order valence-corrected chi connectivity index (χ4v) is 3.76. The lowest BCUT2D eigenvalue weighted by Gasteiger charge is -2.20. The number of benzene rings is 1. The second-order valence-electron chi connectivity index (χ2n) is 7.19. The van der Waals surface area contributed by atoms with E-state index < -0.39 is 11.6 Å². The van der Waals surface area contributed by atoms with Crippen molar-refractivity contribution in [2.24, 2.45) is 4.99 Å². The predicted octanol–water partition coefficient (Wildman–Crippen LogP) is 2.80. The van der Waals surface area contributed by atoms with Crippen molar-refractivity contribution in [2.75, 3.05) is 25.0 Å². The summed E-state index contributed by atoms with van der Waals surface area (Å²) in [6, 6.07) is 6.92. The summed E-state index contributed by atoms with van der Waals surface area (Å²) in [5.41, 5.74) is 0.133. The number of aliphatic imine (C=N–C) groups is 1. The summed E-state index contributed by atoms with van der Waals surface area (Å²) in [6.07, 6.45) is 3.04. The summed E-state index contributed by atoms with van der Waals surface area (Å²) in [5.74, 6) is -0.632. The molecular weight excluding hydrogens is 367 g/mol. The minimum absolute atomic E-state index is 0.0664. The Kier molecular flexibility index (Phi) is 5.11. The minimum Gasteiger partial charge on any atom is -0.353 e. The second-order valence-corrected chi connectivity index (χ2v) is 7.19. The topological polar surface area (TPSA) is 52.6 Å². The Balaban J connectivity index is 1.34. The van der Waals surface area contributed by atoms with Crippen molar-refractivity contribution in [2.45, 2.75) is 30.8 Å². The molecule has 5 nitrogen and oxygen atoms in total. The van der Waals surface area contributed by atoms with Crippen molar-refractivity contribution in [1.29, 1.82) is 0 Å². The SMILES string of the molecule is CN=C(NC1CCN(c2ncccc2F)C1)NC1CC1c1c(F)cccc1F. The molecule has 2 N–H and O–H groups in total. The number of anilines is 1. The summed E-state index contributed by atoms with van der Waals surface area (Å²) in [6.45, 7) is 1.29. The average Bonchev–Trinajstić information content (AvgIpc) is 3.26. The predicted molar refractivity (Wildman–Crippen MR) is 102 cm³/mol. The molecule has 2 aliphatic rings. The Hall–Kier alpha value is -2.77. The highest BCUT2D eigenvalue weighted by Gasteiger charge is 2.42. The molecular formula is C20H22F3N5. The normalized spacial score (nSPS) is 24.4. The highest BCUT2D eigenvalue weighted by atomic mass is 19.1. The van der Waals surface area contributed by atoms with Crippen LogP contribution in [0.1, 0.15) is 24.3 Å². The van der Waals surface area contributed by atoms with Gasteiger partial charge in [0.2, 0.25) is 0 Å². The van der Waals surface area contributed by atoms with Gasteiger partial charge < -0.3 is 15.5 Å². The van der Waals surface area contributed by atoms with E-state index in [1.165, 1.54) is 24.3 Å². The summed E-state index contributed by atoms with van der Waals surface area (Å²) < 4.78 is 41.8. The van der Waals surface area contributed by atoms with Gasteiger partial charge >= 0.3 is 0 Å². The molecule has 0 amide bonds. The van der Waals surface area contributed by atoms with Crippen LogP contribution in [0.4, 0.5) is 19.0 Å². The van der Waals surface area contributed by atoms with Crippen LogP contribution in [0.3, 0.4) is 0 Å². The number of rotatable bonds is 4. The van der Waals surface area contributed by atoms with Crippen LogP contribution in [0.5, 0.6) is 0 Å². The van der Waals surface area contributed by atoms with E-state index in [9.17, 15) is 13.2 Å². The number of nitrogens with zero attached hydrogens (tertiary/aromatic N) is 3. The third-order valence-corrected chi connectivity index (χ3v) is 5.27. The molecule has 0 radical (unpaired) electrons. The lowest BCUT2D eigenvalue weighted by molar-refractivity contribution is 0.553. The van der Waals surface area contributed by atoms with Gasteiger partial charge in [-0.05, 0) is 37.1 Å². The molecule has 1 saturated carbocycles. The van der Waals surface area contributed by atoms with Gasteiger partial charge in [-0.3, -0.25) is 4.99 Å². The zero-order valence-electron chi connectivity index (χ0n) is 15.5. The lowest BCUT2D eigenvalue weighted by atomic mass is 10.1. The first-order valence-electron chi connectivity index (χ1n) is 9.36. The van der Waals surface area contributed by atoms with Gasteiger partial charge in [0.15, 0.2) is 17.6 Å². The molecule has 0 bridgehead atoms. The van der Waals surface area contributed by atoms with Crippen LogP contribution in [0.2, 0.25) is 0 Å². The monoisotopic (exact) mass is 389 g/mol. The summed E-state index contributed by atoms with van der Waals surface area (Å²) >= 11 is 0. The molecule has 28 heavy (non-hydrogen) atoms. The van der Waals surface area contributed by atoms with Crippen LogP contribution in [0, 0.1) is 17.5 Å². The van der Waals surface area contributed by atoms with Gasteiger partial charge in [-0.15, -0.1) is 0 Å². The van der Waals surface area contributed by atoms with Gasteiger partial charge in [-0.2, -0.15) is 0 Å². The number of halogens is 3. The van der Waals surface area contributed by atoms with Crippen LogP contribution >= 0.6 is 0 Å². The highest BCUT2D eigenvalue weighted by Crippen LogP contribution is 2.43. The number of hydrogen-bond acceptors (Lipinski definition) is 3. The zero-order chi connectivity index (χ0) is 19.7. The Morgan fingerprint density at radius 3 is 2.57 bits per heavy atom. The maximum Gasteiger partial charge on any atom is 0.191 e. The first kappa shape index (κ1) is 18.6. The van der Waals surface area contributed by atoms with E-state index in [1.807, 2.05) is 4.90 Å². The largest absolute Gasteiger partial charge is 0.353 e. The molecule has 2 heterocycles. The number of pyridine rings is 1. The standard InChI is InChI=1S/C20H22F3N5/c1-24-20(27-17-10-13(17)18-14(21)4-2-5-15(18)22)26-12-7-9-28(11-12)19-16(23)6-3-8-25-19/h2-6,8,12-13,17H,7,9-11H2,1H3,(H2,24,26,27). The molecule has 2 fully saturated rings. The Labute approximate surface area is 161 Å². The van der Waals surface area contributed by atoms with Crippen LogP contribution < -0.4 is 15.5 Å². The van der Waals surface area contributed by atoms with E-state index in [1.54, 1.807) is 19.3 Å². The van der Waals surface area contributed by atoms with Crippen molar-refractivity contribution in [1.82, 2.24) is 15.6 Å². The van der Waals surface area contributed by atoms with Gasteiger partial charge in [0.25, 0.3) is 0 Å². The lowest BCUT2D eigenvalue weighted by Crippen LogP contribution is -2.45. The molecule has 1 aromatic heterocycles. The van der Waals surface area contributed by atoms with E-state index in [0.29, 0.717) is 31.3 Å². The van der Waals surface area contributed by atoms with Gasteiger partial charge in [0, 0.05) is 49.9 Å². The van der Waals surface area contributed by atoms with Gasteiger partial charge in [-0.25, -0.2) is 18.2 Å². The number of nitrogens with one attached hydrogen (secondary N) is 2. The van der Waals surface area contributed by atoms with Gasteiger partial charge in [0.05, 0.1) is 0 Å². The summed E-state index contributed by atoms with van der Waals surface area (Å²) in [5, 5.41) is 6.55. The van der Waals surface area contributed by atoms with Crippen LogP contribution in [0.25, 0.3) is 0 Å². The Bertz CT molecular complexity index is 868. The smallest absolute Gasteiger partial charge is 0.191 e. The quantitative estimate of drug-likeness (QED) is 0.624. The van der Waals surface area contributed by atoms with Crippen LogP contribution in [-0.2, 0) is 0 Å². The van der Waals surface area contributed by atoms with Crippen LogP contribution in [0.15, 0.2) is 41.5 Å². The van der Waals surface area contributed by atoms with Crippen molar-refractivity contribution < 1.29 is 13.2 Å². The third-order valence-electron chi connectivity index (χ3n) is 5.27. The maximum absolute atomic E-state index is 13.9. The minimum atomic E-state index is -0.513. The van der Waals surface area contributed by atoms with Gasteiger partial charge in [-0.1, -0.05) is 6.07 Å². The van der Waals surface area contributed by atoms with Crippen LogP contribution in [-0.4, -0.2) is 43.2 Å². The average molecular weight is 389 g/mol.